The number of ether oxygens (including phenoxy) is 1. The van der Waals surface area contributed by atoms with Gasteiger partial charge >= 0.3 is 0 Å². The summed E-state index contributed by atoms with van der Waals surface area (Å²) in [7, 11) is 3.91. The van der Waals surface area contributed by atoms with Gasteiger partial charge in [0.2, 0.25) is 5.91 Å². The first-order chi connectivity index (χ1) is 12.5. The number of aryl methyl sites for hydroxylation is 2. The molecule has 1 aliphatic heterocycles. The van der Waals surface area contributed by atoms with Crippen molar-refractivity contribution < 1.29 is 9.53 Å². The molecule has 0 radical (unpaired) electrons. The van der Waals surface area contributed by atoms with E-state index in [1.807, 2.05) is 48.2 Å². The minimum atomic E-state index is -0.243. The molecule has 0 N–H and O–H groups in total. The summed E-state index contributed by atoms with van der Waals surface area (Å²) in [5, 5.41) is 0. The van der Waals surface area contributed by atoms with Gasteiger partial charge in [0, 0.05) is 13.1 Å². The molecule has 1 aliphatic rings. The number of likely N-dealkylation sites (tertiary alicyclic amines) is 1. The maximum atomic E-state index is 13.0. The van der Waals surface area contributed by atoms with E-state index < -0.39 is 0 Å². The van der Waals surface area contributed by atoms with Crippen LogP contribution >= 0.6 is 0 Å². The molecular formula is C22H28N2O2. The zero-order valence-corrected chi connectivity index (χ0v) is 16.1. The molecule has 4 heteroatoms. The van der Waals surface area contributed by atoms with Gasteiger partial charge in [-0.05, 0) is 44.6 Å². The molecule has 0 bridgehead atoms. The molecule has 0 aromatic heterocycles. The van der Waals surface area contributed by atoms with Crippen molar-refractivity contribution in [2.75, 3.05) is 27.2 Å². The Labute approximate surface area is 156 Å². The number of nitrogens with zero attached hydrogens (tertiary/aromatic N) is 2. The second-order valence-corrected chi connectivity index (χ2v) is 7.38. The van der Waals surface area contributed by atoms with Crippen LogP contribution in [-0.4, -0.2) is 49.0 Å². The number of amides is 1. The van der Waals surface area contributed by atoms with E-state index in [2.05, 4.69) is 38.1 Å². The number of carbonyl (C=O) groups excluding carboxylic acids is 1. The number of carbonyl (C=O) groups is 1. The molecule has 2 aromatic carbocycles. The van der Waals surface area contributed by atoms with Gasteiger partial charge in [-0.2, -0.15) is 0 Å². The average molecular weight is 352 g/mol. The molecule has 4 nitrogen and oxygen atoms in total. The molecule has 1 heterocycles. The van der Waals surface area contributed by atoms with Crippen molar-refractivity contribution in [1.29, 1.82) is 0 Å². The van der Waals surface area contributed by atoms with Crippen LogP contribution in [-0.2, 0) is 16.1 Å². The van der Waals surface area contributed by atoms with Crippen molar-refractivity contribution in [2.24, 2.45) is 0 Å². The maximum absolute atomic E-state index is 13.0. The first-order valence-electron chi connectivity index (χ1n) is 9.13. The Bertz CT molecular complexity index is 766. The third-order valence-electron chi connectivity index (χ3n) is 5.00. The summed E-state index contributed by atoms with van der Waals surface area (Å²) in [6, 6.07) is 16.2. The molecule has 1 saturated heterocycles. The highest BCUT2D eigenvalue weighted by molar-refractivity contribution is 5.84. The predicted octanol–water partition coefficient (Wildman–Crippen LogP) is 3.33. The van der Waals surface area contributed by atoms with E-state index in [9.17, 15) is 4.79 Å². The van der Waals surface area contributed by atoms with Gasteiger partial charge in [0.25, 0.3) is 0 Å². The Morgan fingerprint density at radius 2 is 1.88 bits per heavy atom. The number of benzene rings is 2. The lowest BCUT2D eigenvalue weighted by molar-refractivity contribution is -0.151. The minimum Gasteiger partial charge on any atom is -0.370 e. The SMILES string of the molecule is Cc1cccc([C@H](C(=O)N2CC(OCc3ccccc3C)C2)N(C)C)c1. The summed E-state index contributed by atoms with van der Waals surface area (Å²) < 4.78 is 5.98. The molecule has 0 spiro atoms. The van der Waals surface area contributed by atoms with E-state index in [0.29, 0.717) is 19.7 Å². The molecule has 1 amide bonds. The molecule has 3 rings (SSSR count). The van der Waals surface area contributed by atoms with Crippen molar-refractivity contribution in [1.82, 2.24) is 9.80 Å². The van der Waals surface area contributed by atoms with Crippen LogP contribution in [0.1, 0.15) is 28.3 Å². The van der Waals surface area contributed by atoms with E-state index >= 15 is 0 Å². The van der Waals surface area contributed by atoms with Gasteiger partial charge in [0.15, 0.2) is 0 Å². The van der Waals surface area contributed by atoms with Crippen molar-refractivity contribution in [3.63, 3.8) is 0 Å². The Morgan fingerprint density at radius 3 is 2.54 bits per heavy atom. The number of hydrogen-bond acceptors (Lipinski definition) is 3. The summed E-state index contributed by atoms with van der Waals surface area (Å²) in [5.74, 6) is 0.149. The van der Waals surface area contributed by atoms with Crippen LogP contribution < -0.4 is 0 Å². The average Bonchev–Trinajstić information content (AvgIpc) is 2.55. The van der Waals surface area contributed by atoms with Crippen LogP contribution in [0, 0.1) is 13.8 Å². The van der Waals surface area contributed by atoms with E-state index in [4.69, 9.17) is 4.74 Å². The first kappa shape index (κ1) is 18.6. The summed E-state index contributed by atoms with van der Waals surface area (Å²) in [6.45, 7) is 6.09. The molecular weight excluding hydrogens is 324 g/mol. The van der Waals surface area contributed by atoms with Crippen molar-refractivity contribution >= 4 is 5.91 Å². The highest BCUT2D eigenvalue weighted by Crippen LogP contribution is 2.25. The Hall–Kier alpha value is -2.17. The van der Waals surface area contributed by atoms with E-state index in [-0.39, 0.29) is 18.1 Å². The van der Waals surface area contributed by atoms with E-state index in [0.717, 1.165) is 5.56 Å². The normalized spacial score (nSPS) is 15.8. The molecule has 1 fully saturated rings. The van der Waals surface area contributed by atoms with Gasteiger partial charge in [-0.15, -0.1) is 0 Å². The van der Waals surface area contributed by atoms with Gasteiger partial charge in [-0.3, -0.25) is 9.69 Å². The highest BCUT2D eigenvalue weighted by Gasteiger charge is 2.36. The topological polar surface area (TPSA) is 32.8 Å². The highest BCUT2D eigenvalue weighted by atomic mass is 16.5. The van der Waals surface area contributed by atoms with Gasteiger partial charge in [0.05, 0.1) is 12.7 Å². The Morgan fingerprint density at radius 1 is 1.15 bits per heavy atom. The molecule has 0 aliphatic carbocycles. The van der Waals surface area contributed by atoms with Gasteiger partial charge in [0.1, 0.15) is 6.04 Å². The number of likely N-dealkylation sites (N-methyl/N-ethyl adjacent to an activating group) is 1. The summed E-state index contributed by atoms with van der Waals surface area (Å²) in [5.41, 5.74) is 4.67. The van der Waals surface area contributed by atoms with E-state index in [1.165, 1.54) is 16.7 Å². The van der Waals surface area contributed by atoms with Crippen LogP contribution in [0.4, 0.5) is 0 Å². The fourth-order valence-electron chi connectivity index (χ4n) is 3.38. The van der Waals surface area contributed by atoms with Crippen LogP contribution in [0.3, 0.4) is 0 Å². The second kappa shape index (κ2) is 8.02. The van der Waals surface area contributed by atoms with Crippen LogP contribution in [0.15, 0.2) is 48.5 Å². The molecule has 0 saturated carbocycles. The smallest absolute Gasteiger partial charge is 0.244 e. The molecule has 138 valence electrons. The van der Waals surface area contributed by atoms with Gasteiger partial charge in [-0.25, -0.2) is 0 Å². The molecule has 1 atom stereocenters. The lowest BCUT2D eigenvalue weighted by Gasteiger charge is -2.42. The molecule has 2 aromatic rings. The van der Waals surface area contributed by atoms with E-state index in [1.54, 1.807) is 0 Å². The second-order valence-electron chi connectivity index (χ2n) is 7.38. The third-order valence-corrected chi connectivity index (χ3v) is 5.00. The first-order valence-corrected chi connectivity index (χ1v) is 9.13. The summed E-state index contributed by atoms with van der Waals surface area (Å²) in [6.07, 6.45) is 0.124. The van der Waals surface area contributed by atoms with Crippen molar-refractivity contribution in [2.45, 2.75) is 32.6 Å². The lowest BCUT2D eigenvalue weighted by Crippen LogP contribution is -2.57. The summed E-state index contributed by atoms with van der Waals surface area (Å²) in [4.78, 5) is 16.9. The molecule has 0 unspecified atom stereocenters. The van der Waals surface area contributed by atoms with Crippen molar-refractivity contribution in [3.05, 3.63) is 70.8 Å². The fraction of sp³-hybridized carbons (Fsp3) is 0.409. The largest absolute Gasteiger partial charge is 0.370 e. The zero-order chi connectivity index (χ0) is 18.7. The monoisotopic (exact) mass is 352 g/mol. The van der Waals surface area contributed by atoms with Gasteiger partial charge in [-0.1, -0.05) is 54.1 Å². The number of hydrogen-bond donors (Lipinski definition) is 0. The standard InChI is InChI=1S/C22H28N2O2/c1-16-8-7-11-18(12-16)21(23(3)4)22(25)24-13-20(14-24)26-15-19-10-6-5-9-17(19)2/h5-12,20-21H,13-15H2,1-4H3/t21-/m1/s1. The summed E-state index contributed by atoms with van der Waals surface area (Å²) >= 11 is 0. The quantitative estimate of drug-likeness (QED) is 0.799. The minimum absolute atomic E-state index is 0.124. The van der Waals surface area contributed by atoms with Crippen molar-refractivity contribution in [3.8, 4) is 0 Å². The number of rotatable bonds is 6. The lowest BCUT2D eigenvalue weighted by atomic mass is 10.00. The van der Waals surface area contributed by atoms with Gasteiger partial charge < -0.3 is 9.64 Å². The predicted molar refractivity (Wildman–Crippen MR) is 104 cm³/mol. The zero-order valence-electron chi connectivity index (χ0n) is 16.1. The Balaban J connectivity index is 1.57. The maximum Gasteiger partial charge on any atom is 0.244 e. The van der Waals surface area contributed by atoms with Crippen LogP contribution in [0.25, 0.3) is 0 Å². The van der Waals surface area contributed by atoms with Crippen LogP contribution in [0.5, 0.6) is 0 Å². The van der Waals surface area contributed by atoms with Crippen LogP contribution in [0.2, 0.25) is 0 Å². The third kappa shape index (κ3) is 4.14. The fourth-order valence-corrected chi connectivity index (χ4v) is 3.38. The Kier molecular flexibility index (Phi) is 5.74. The molecule has 26 heavy (non-hydrogen) atoms.